The van der Waals surface area contributed by atoms with Gasteiger partial charge in [0.25, 0.3) is 0 Å². The molecule has 0 unspecified atom stereocenters. The second-order valence-electron chi connectivity index (χ2n) is 6.04. The number of pyridine rings is 1. The topological polar surface area (TPSA) is 59.4 Å². The average Bonchev–Trinajstić information content (AvgIpc) is 2.68. The summed E-state index contributed by atoms with van der Waals surface area (Å²) >= 11 is 0. The van der Waals surface area contributed by atoms with Crippen molar-refractivity contribution in [1.82, 2.24) is 4.98 Å². The van der Waals surface area contributed by atoms with Crippen molar-refractivity contribution in [2.45, 2.75) is 12.6 Å². The molecule has 0 aliphatic carbocycles. The Hall–Kier alpha value is -3.35. The number of nitrogens with zero attached hydrogens (tertiary/aromatic N) is 1. The summed E-state index contributed by atoms with van der Waals surface area (Å²) in [5, 5.41) is 9.09. The molecule has 7 heteroatoms. The molecule has 4 nitrogen and oxygen atoms in total. The van der Waals surface area contributed by atoms with Crippen LogP contribution in [0.2, 0.25) is 0 Å². The van der Waals surface area contributed by atoms with Crippen LogP contribution in [0.3, 0.4) is 0 Å². The Morgan fingerprint density at radius 3 is 2.50 bits per heavy atom. The van der Waals surface area contributed by atoms with Crippen molar-refractivity contribution in [3.8, 4) is 17.1 Å². The standard InChI is InChI=1S/C21H16F3NO3/c22-21(23,24)17-7-1-4-14(12-17)10-11-28-19-9-3-8-18(25-19)15-5-2-6-16(13-15)20(26)27/h1-9,12-13H,10-11H2,(H,26,27). The predicted molar refractivity (Wildman–Crippen MR) is 97.3 cm³/mol. The van der Waals surface area contributed by atoms with Crippen LogP contribution >= 0.6 is 0 Å². The van der Waals surface area contributed by atoms with Crippen LogP contribution in [0, 0.1) is 0 Å². The molecule has 1 aromatic heterocycles. The van der Waals surface area contributed by atoms with Crippen molar-refractivity contribution in [3.05, 3.63) is 83.4 Å². The van der Waals surface area contributed by atoms with Gasteiger partial charge in [0, 0.05) is 18.1 Å². The SMILES string of the molecule is O=C(O)c1cccc(-c2cccc(OCCc3cccc(C(F)(F)F)c3)n2)c1. The Morgan fingerprint density at radius 2 is 1.75 bits per heavy atom. The highest BCUT2D eigenvalue weighted by atomic mass is 19.4. The Morgan fingerprint density at radius 1 is 1.00 bits per heavy atom. The summed E-state index contributed by atoms with van der Waals surface area (Å²) < 4.78 is 43.8. The lowest BCUT2D eigenvalue weighted by Gasteiger charge is -2.10. The van der Waals surface area contributed by atoms with Crippen LogP contribution in [-0.2, 0) is 12.6 Å². The van der Waals surface area contributed by atoms with Gasteiger partial charge >= 0.3 is 12.1 Å². The van der Waals surface area contributed by atoms with Gasteiger partial charge in [-0.05, 0) is 29.8 Å². The van der Waals surface area contributed by atoms with Crippen LogP contribution in [0.4, 0.5) is 13.2 Å². The van der Waals surface area contributed by atoms with Gasteiger partial charge in [-0.3, -0.25) is 0 Å². The van der Waals surface area contributed by atoms with Crippen LogP contribution in [0.5, 0.6) is 5.88 Å². The number of benzene rings is 2. The molecule has 0 spiro atoms. The molecule has 0 fully saturated rings. The molecule has 3 aromatic rings. The van der Waals surface area contributed by atoms with Gasteiger partial charge in [0.15, 0.2) is 0 Å². The van der Waals surface area contributed by atoms with Gasteiger partial charge in [-0.15, -0.1) is 0 Å². The summed E-state index contributed by atoms with van der Waals surface area (Å²) in [5.74, 6) is -0.722. The van der Waals surface area contributed by atoms with Crippen molar-refractivity contribution in [2.75, 3.05) is 6.61 Å². The van der Waals surface area contributed by atoms with E-state index in [4.69, 9.17) is 9.84 Å². The Balaban J connectivity index is 1.67. The number of hydrogen-bond acceptors (Lipinski definition) is 3. The Kier molecular flexibility index (Phi) is 5.63. The number of aromatic carboxylic acids is 1. The molecule has 0 radical (unpaired) electrons. The quantitative estimate of drug-likeness (QED) is 0.640. The van der Waals surface area contributed by atoms with E-state index in [0.29, 0.717) is 29.1 Å². The molecule has 0 bridgehead atoms. The number of carbonyl (C=O) groups is 1. The molecule has 0 aliphatic heterocycles. The maximum absolute atomic E-state index is 12.8. The van der Waals surface area contributed by atoms with E-state index in [1.54, 1.807) is 36.4 Å². The van der Waals surface area contributed by atoms with E-state index in [0.717, 1.165) is 12.1 Å². The van der Waals surface area contributed by atoms with Crippen molar-refractivity contribution in [2.24, 2.45) is 0 Å². The minimum Gasteiger partial charge on any atom is -0.478 e. The number of alkyl halides is 3. The lowest BCUT2D eigenvalue weighted by Crippen LogP contribution is -2.07. The molecule has 0 saturated heterocycles. The zero-order chi connectivity index (χ0) is 20.1. The van der Waals surface area contributed by atoms with Gasteiger partial charge in [0.05, 0.1) is 23.4 Å². The summed E-state index contributed by atoms with van der Waals surface area (Å²) in [4.78, 5) is 15.4. The van der Waals surface area contributed by atoms with E-state index in [1.165, 1.54) is 18.2 Å². The van der Waals surface area contributed by atoms with Crippen molar-refractivity contribution in [1.29, 1.82) is 0 Å². The summed E-state index contributed by atoms with van der Waals surface area (Å²) in [6, 6.07) is 16.5. The minimum absolute atomic E-state index is 0.148. The highest BCUT2D eigenvalue weighted by Crippen LogP contribution is 2.29. The summed E-state index contributed by atoms with van der Waals surface area (Å²) in [7, 11) is 0. The highest BCUT2D eigenvalue weighted by Gasteiger charge is 2.30. The smallest absolute Gasteiger partial charge is 0.416 e. The van der Waals surface area contributed by atoms with Crippen LogP contribution < -0.4 is 4.74 Å². The van der Waals surface area contributed by atoms with Crippen molar-refractivity contribution in [3.63, 3.8) is 0 Å². The van der Waals surface area contributed by atoms with E-state index < -0.39 is 17.7 Å². The fourth-order valence-corrected chi connectivity index (χ4v) is 2.64. The third-order valence-corrected chi connectivity index (χ3v) is 4.02. The van der Waals surface area contributed by atoms with E-state index in [-0.39, 0.29) is 12.2 Å². The van der Waals surface area contributed by atoms with E-state index in [9.17, 15) is 18.0 Å². The normalized spacial score (nSPS) is 11.2. The van der Waals surface area contributed by atoms with Gasteiger partial charge in [-0.2, -0.15) is 13.2 Å². The Bertz CT molecular complexity index is 986. The number of aromatic nitrogens is 1. The van der Waals surface area contributed by atoms with Gasteiger partial charge in [-0.25, -0.2) is 9.78 Å². The first-order valence-electron chi connectivity index (χ1n) is 8.42. The summed E-state index contributed by atoms with van der Waals surface area (Å²) in [6.45, 7) is 0.160. The number of halogens is 3. The molecule has 0 aliphatic rings. The molecule has 1 heterocycles. The second-order valence-corrected chi connectivity index (χ2v) is 6.04. The Labute approximate surface area is 159 Å². The van der Waals surface area contributed by atoms with Gasteiger partial charge < -0.3 is 9.84 Å². The molecule has 3 rings (SSSR count). The van der Waals surface area contributed by atoms with Crippen LogP contribution in [0.15, 0.2) is 66.7 Å². The summed E-state index contributed by atoms with van der Waals surface area (Å²) in [5.41, 5.74) is 1.14. The van der Waals surface area contributed by atoms with Gasteiger partial charge in [-0.1, -0.05) is 36.4 Å². The van der Waals surface area contributed by atoms with Gasteiger partial charge in [0.1, 0.15) is 0 Å². The van der Waals surface area contributed by atoms with Crippen molar-refractivity contribution < 1.29 is 27.8 Å². The van der Waals surface area contributed by atoms with Crippen LogP contribution in [0.25, 0.3) is 11.3 Å². The number of hydrogen-bond donors (Lipinski definition) is 1. The van der Waals surface area contributed by atoms with Crippen LogP contribution in [0.1, 0.15) is 21.5 Å². The number of carboxylic acids is 1. The lowest BCUT2D eigenvalue weighted by molar-refractivity contribution is -0.137. The third-order valence-electron chi connectivity index (χ3n) is 4.02. The fourth-order valence-electron chi connectivity index (χ4n) is 2.64. The lowest BCUT2D eigenvalue weighted by atomic mass is 10.1. The van der Waals surface area contributed by atoms with E-state index >= 15 is 0 Å². The van der Waals surface area contributed by atoms with E-state index in [1.807, 2.05) is 0 Å². The number of ether oxygens (including phenoxy) is 1. The average molecular weight is 387 g/mol. The zero-order valence-corrected chi connectivity index (χ0v) is 14.6. The molecule has 0 saturated carbocycles. The largest absolute Gasteiger partial charge is 0.478 e. The predicted octanol–water partition coefficient (Wildman–Crippen LogP) is 5.09. The summed E-state index contributed by atoms with van der Waals surface area (Å²) in [6.07, 6.45) is -4.08. The van der Waals surface area contributed by atoms with E-state index in [2.05, 4.69) is 4.98 Å². The molecule has 28 heavy (non-hydrogen) atoms. The first-order chi connectivity index (χ1) is 13.3. The molecule has 144 valence electrons. The zero-order valence-electron chi connectivity index (χ0n) is 14.6. The van der Waals surface area contributed by atoms with Gasteiger partial charge in [0.2, 0.25) is 5.88 Å². The minimum atomic E-state index is -4.38. The fraction of sp³-hybridized carbons (Fsp3) is 0.143. The molecule has 0 atom stereocenters. The number of carboxylic acid groups (broad SMARTS) is 1. The molecule has 0 amide bonds. The third kappa shape index (κ3) is 4.88. The molecule has 2 aromatic carbocycles. The first kappa shape index (κ1) is 19.4. The van der Waals surface area contributed by atoms with Crippen LogP contribution in [-0.4, -0.2) is 22.7 Å². The molecular weight excluding hydrogens is 371 g/mol. The number of rotatable bonds is 6. The maximum Gasteiger partial charge on any atom is 0.416 e. The second kappa shape index (κ2) is 8.12. The van der Waals surface area contributed by atoms with Crippen molar-refractivity contribution >= 4 is 5.97 Å². The monoisotopic (exact) mass is 387 g/mol. The first-order valence-corrected chi connectivity index (χ1v) is 8.42. The maximum atomic E-state index is 12.8. The molecular formula is C21H16F3NO3. The molecule has 1 N–H and O–H groups in total. The highest BCUT2D eigenvalue weighted by molar-refractivity contribution is 5.89.